The van der Waals surface area contributed by atoms with Crippen LogP contribution in [0.15, 0.2) is 24.3 Å². The van der Waals surface area contributed by atoms with Crippen LogP contribution in [0.3, 0.4) is 0 Å². The van der Waals surface area contributed by atoms with E-state index >= 15 is 0 Å². The minimum atomic E-state index is -0.225. The highest BCUT2D eigenvalue weighted by Gasteiger charge is 2.09. The number of rotatable bonds is 3. The van der Waals surface area contributed by atoms with Gasteiger partial charge in [-0.05, 0) is 24.5 Å². The first-order valence-corrected chi connectivity index (χ1v) is 4.84. The van der Waals surface area contributed by atoms with Crippen LogP contribution in [0.5, 0.6) is 0 Å². The zero-order valence-corrected chi connectivity index (χ0v) is 8.91. The van der Waals surface area contributed by atoms with E-state index in [1.807, 2.05) is 39.0 Å². The lowest BCUT2D eigenvalue weighted by molar-refractivity contribution is 0.0458. The van der Waals surface area contributed by atoms with Gasteiger partial charge >= 0.3 is 5.97 Å². The van der Waals surface area contributed by atoms with E-state index in [0.29, 0.717) is 18.1 Å². The van der Waals surface area contributed by atoms with Crippen molar-refractivity contribution >= 4 is 5.97 Å². The molecule has 0 aliphatic rings. The van der Waals surface area contributed by atoms with Gasteiger partial charge in [-0.1, -0.05) is 32.0 Å². The number of carbonyl (C=O) groups is 1. The largest absolute Gasteiger partial charge is 0.462 e. The van der Waals surface area contributed by atoms with E-state index in [2.05, 4.69) is 0 Å². The highest BCUT2D eigenvalue weighted by molar-refractivity contribution is 5.90. The number of hydrogen-bond donors (Lipinski definition) is 0. The molecule has 0 radical (unpaired) electrons. The fourth-order valence-corrected chi connectivity index (χ4v) is 1.12. The van der Waals surface area contributed by atoms with E-state index in [1.54, 1.807) is 6.07 Å². The van der Waals surface area contributed by atoms with Gasteiger partial charge in [-0.2, -0.15) is 0 Å². The van der Waals surface area contributed by atoms with E-state index in [0.717, 1.165) is 5.56 Å². The number of aryl methyl sites for hydroxylation is 1. The number of benzene rings is 1. The number of ether oxygens (including phenoxy) is 1. The lowest BCUT2D eigenvalue weighted by Crippen LogP contribution is -2.11. The molecule has 1 aromatic carbocycles. The second-order valence-electron chi connectivity index (χ2n) is 3.81. The SMILES string of the molecule is Cc1ccccc1C(=O)OCC(C)C. The van der Waals surface area contributed by atoms with E-state index in [-0.39, 0.29) is 5.97 Å². The molecular weight excluding hydrogens is 176 g/mol. The Balaban J connectivity index is 2.65. The van der Waals surface area contributed by atoms with Gasteiger partial charge in [0, 0.05) is 0 Å². The first-order chi connectivity index (χ1) is 6.61. The van der Waals surface area contributed by atoms with Crippen molar-refractivity contribution in [1.29, 1.82) is 0 Å². The lowest BCUT2D eigenvalue weighted by Gasteiger charge is -2.08. The number of esters is 1. The van der Waals surface area contributed by atoms with Crippen molar-refractivity contribution < 1.29 is 9.53 Å². The minimum Gasteiger partial charge on any atom is -0.462 e. The molecule has 2 heteroatoms. The Hall–Kier alpha value is -1.31. The summed E-state index contributed by atoms with van der Waals surface area (Å²) in [6, 6.07) is 7.46. The van der Waals surface area contributed by atoms with Crippen LogP contribution in [0.25, 0.3) is 0 Å². The predicted molar refractivity (Wildman–Crippen MR) is 56.3 cm³/mol. The third-order valence-electron chi connectivity index (χ3n) is 1.91. The minimum absolute atomic E-state index is 0.225. The molecule has 0 bridgehead atoms. The summed E-state index contributed by atoms with van der Waals surface area (Å²) in [6.07, 6.45) is 0. The summed E-state index contributed by atoms with van der Waals surface area (Å²) >= 11 is 0. The maximum Gasteiger partial charge on any atom is 0.338 e. The van der Waals surface area contributed by atoms with Crippen molar-refractivity contribution in [2.24, 2.45) is 5.92 Å². The summed E-state index contributed by atoms with van der Waals surface area (Å²) in [5.74, 6) is 0.153. The Morgan fingerprint density at radius 1 is 1.36 bits per heavy atom. The first-order valence-electron chi connectivity index (χ1n) is 4.84. The second-order valence-corrected chi connectivity index (χ2v) is 3.81. The molecule has 14 heavy (non-hydrogen) atoms. The first kappa shape index (κ1) is 10.8. The molecule has 2 nitrogen and oxygen atoms in total. The van der Waals surface area contributed by atoms with Crippen molar-refractivity contribution in [3.63, 3.8) is 0 Å². The highest BCUT2D eigenvalue weighted by atomic mass is 16.5. The van der Waals surface area contributed by atoms with Crippen LogP contribution in [0.4, 0.5) is 0 Å². The van der Waals surface area contributed by atoms with E-state index in [9.17, 15) is 4.79 Å². The molecule has 0 amide bonds. The molecule has 0 aliphatic heterocycles. The Bertz CT molecular complexity index is 316. The molecule has 0 N–H and O–H groups in total. The average Bonchev–Trinajstić information content (AvgIpc) is 2.15. The summed E-state index contributed by atoms with van der Waals surface area (Å²) < 4.78 is 5.13. The predicted octanol–water partition coefficient (Wildman–Crippen LogP) is 2.81. The number of carbonyl (C=O) groups excluding carboxylic acids is 1. The molecule has 0 fully saturated rings. The van der Waals surface area contributed by atoms with Gasteiger partial charge in [0.15, 0.2) is 0 Å². The lowest BCUT2D eigenvalue weighted by atomic mass is 10.1. The van der Waals surface area contributed by atoms with Gasteiger partial charge in [0.05, 0.1) is 12.2 Å². The summed E-state index contributed by atoms with van der Waals surface area (Å²) in [7, 11) is 0. The van der Waals surface area contributed by atoms with E-state index in [4.69, 9.17) is 4.74 Å². The molecule has 0 aromatic heterocycles. The van der Waals surface area contributed by atoms with Crippen molar-refractivity contribution in [2.45, 2.75) is 20.8 Å². The topological polar surface area (TPSA) is 26.3 Å². The monoisotopic (exact) mass is 192 g/mol. The van der Waals surface area contributed by atoms with Gasteiger partial charge in [-0.25, -0.2) is 4.79 Å². The van der Waals surface area contributed by atoms with Crippen LogP contribution in [0, 0.1) is 12.8 Å². The Morgan fingerprint density at radius 3 is 2.57 bits per heavy atom. The fourth-order valence-electron chi connectivity index (χ4n) is 1.12. The number of hydrogen-bond acceptors (Lipinski definition) is 2. The summed E-state index contributed by atoms with van der Waals surface area (Å²) in [4.78, 5) is 11.5. The smallest absolute Gasteiger partial charge is 0.338 e. The molecule has 0 aliphatic carbocycles. The Labute approximate surface area is 84.9 Å². The zero-order chi connectivity index (χ0) is 10.6. The van der Waals surface area contributed by atoms with Gasteiger partial charge in [0.2, 0.25) is 0 Å². The summed E-state index contributed by atoms with van der Waals surface area (Å²) in [5, 5.41) is 0. The van der Waals surface area contributed by atoms with Crippen LogP contribution >= 0.6 is 0 Å². The normalized spacial score (nSPS) is 10.3. The summed E-state index contributed by atoms with van der Waals surface area (Å²) in [6.45, 7) is 6.43. The molecule has 1 aromatic rings. The van der Waals surface area contributed by atoms with Gasteiger partial charge < -0.3 is 4.74 Å². The maximum atomic E-state index is 11.5. The van der Waals surface area contributed by atoms with Crippen LogP contribution in [0.1, 0.15) is 29.8 Å². The third-order valence-corrected chi connectivity index (χ3v) is 1.91. The zero-order valence-electron chi connectivity index (χ0n) is 8.91. The van der Waals surface area contributed by atoms with Gasteiger partial charge in [-0.3, -0.25) is 0 Å². The third kappa shape index (κ3) is 2.87. The fraction of sp³-hybridized carbons (Fsp3) is 0.417. The molecule has 0 saturated heterocycles. The van der Waals surface area contributed by atoms with Crippen molar-refractivity contribution in [2.75, 3.05) is 6.61 Å². The van der Waals surface area contributed by atoms with Crippen LogP contribution < -0.4 is 0 Å². The van der Waals surface area contributed by atoms with E-state index < -0.39 is 0 Å². The maximum absolute atomic E-state index is 11.5. The van der Waals surface area contributed by atoms with Gasteiger partial charge in [-0.15, -0.1) is 0 Å². The van der Waals surface area contributed by atoms with Crippen molar-refractivity contribution in [3.05, 3.63) is 35.4 Å². The van der Waals surface area contributed by atoms with E-state index in [1.165, 1.54) is 0 Å². The molecule has 0 heterocycles. The quantitative estimate of drug-likeness (QED) is 0.688. The van der Waals surface area contributed by atoms with Crippen LogP contribution in [0.2, 0.25) is 0 Å². The van der Waals surface area contributed by atoms with Crippen LogP contribution in [-0.4, -0.2) is 12.6 Å². The standard InChI is InChI=1S/C12H16O2/c1-9(2)8-14-12(13)11-7-5-4-6-10(11)3/h4-7,9H,8H2,1-3H3. The second kappa shape index (κ2) is 4.80. The molecule has 1 rings (SSSR count). The average molecular weight is 192 g/mol. The summed E-state index contributed by atoms with van der Waals surface area (Å²) in [5.41, 5.74) is 1.62. The molecule has 76 valence electrons. The Kier molecular flexibility index (Phi) is 3.69. The molecule has 0 spiro atoms. The molecule has 0 unspecified atom stereocenters. The Morgan fingerprint density at radius 2 is 2.00 bits per heavy atom. The molecular formula is C12H16O2. The van der Waals surface area contributed by atoms with Crippen molar-refractivity contribution in [1.82, 2.24) is 0 Å². The molecule has 0 atom stereocenters. The molecule has 0 saturated carbocycles. The van der Waals surface area contributed by atoms with Crippen molar-refractivity contribution in [3.8, 4) is 0 Å². The van der Waals surface area contributed by atoms with Gasteiger partial charge in [0.1, 0.15) is 0 Å². The van der Waals surface area contributed by atoms with Crippen LogP contribution in [-0.2, 0) is 4.74 Å². The van der Waals surface area contributed by atoms with Gasteiger partial charge in [0.25, 0.3) is 0 Å². The highest BCUT2D eigenvalue weighted by Crippen LogP contribution is 2.09.